The lowest BCUT2D eigenvalue weighted by Gasteiger charge is -2.26. The van der Waals surface area contributed by atoms with Crippen LogP contribution >= 0.6 is 0 Å². The molecule has 0 unspecified atom stereocenters. The van der Waals surface area contributed by atoms with E-state index in [9.17, 15) is 18.7 Å². The van der Waals surface area contributed by atoms with Gasteiger partial charge in [-0.05, 0) is 25.1 Å². The molecule has 1 amide bonds. The van der Waals surface area contributed by atoms with E-state index in [1.807, 2.05) is 0 Å². The number of anilines is 2. The van der Waals surface area contributed by atoms with Gasteiger partial charge in [-0.2, -0.15) is 4.39 Å². The third kappa shape index (κ3) is 3.38. The van der Waals surface area contributed by atoms with Crippen molar-refractivity contribution in [3.05, 3.63) is 47.9 Å². The maximum absolute atomic E-state index is 14.1. The van der Waals surface area contributed by atoms with E-state index < -0.39 is 23.9 Å². The second-order valence-electron chi connectivity index (χ2n) is 5.72. The van der Waals surface area contributed by atoms with Crippen LogP contribution in [-0.2, 0) is 7.05 Å². The molecule has 0 fully saturated rings. The van der Waals surface area contributed by atoms with E-state index in [2.05, 4.69) is 20.3 Å². The quantitative estimate of drug-likeness (QED) is 0.671. The van der Waals surface area contributed by atoms with Crippen molar-refractivity contribution in [3.63, 3.8) is 0 Å². The van der Waals surface area contributed by atoms with Crippen molar-refractivity contribution in [3.8, 4) is 11.4 Å². The summed E-state index contributed by atoms with van der Waals surface area (Å²) >= 11 is 0. The molecule has 27 heavy (non-hydrogen) atoms. The molecule has 3 heterocycles. The van der Waals surface area contributed by atoms with Gasteiger partial charge in [0.2, 0.25) is 5.95 Å². The summed E-state index contributed by atoms with van der Waals surface area (Å²) in [7, 11) is 1.48. The fourth-order valence-electron chi connectivity index (χ4n) is 2.64. The Kier molecular flexibility index (Phi) is 4.67. The Morgan fingerprint density at radius 3 is 2.67 bits per heavy atom. The zero-order chi connectivity index (χ0) is 19.7. The zero-order valence-corrected chi connectivity index (χ0v) is 14.3. The molecule has 0 aliphatic rings. The maximum atomic E-state index is 14.1. The molecular weight excluding hydrogens is 360 g/mol. The van der Waals surface area contributed by atoms with Crippen LogP contribution in [0.15, 0.2) is 30.6 Å². The largest absolute Gasteiger partial charge is 0.465 e. The van der Waals surface area contributed by atoms with Gasteiger partial charge in [0, 0.05) is 12.6 Å². The molecule has 9 nitrogen and oxygen atoms in total. The van der Waals surface area contributed by atoms with Gasteiger partial charge in [0.05, 0.1) is 29.8 Å². The summed E-state index contributed by atoms with van der Waals surface area (Å²) in [5.41, 5.74) is 6.28. The van der Waals surface area contributed by atoms with Gasteiger partial charge in [0.25, 0.3) is 0 Å². The number of carbonyl (C=O) groups is 1. The van der Waals surface area contributed by atoms with Crippen LogP contribution in [0.2, 0.25) is 0 Å². The number of hydrogen-bond acceptors (Lipinski definition) is 6. The molecule has 0 aliphatic carbocycles. The number of nitrogen functional groups attached to an aromatic ring is 1. The Morgan fingerprint density at radius 1 is 1.30 bits per heavy atom. The molecule has 3 N–H and O–H groups in total. The lowest BCUT2D eigenvalue weighted by atomic mass is 10.1. The number of aryl methyl sites for hydroxylation is 1. The van der Waals surface area contributed by atoms with E-state index >= 15 is 0 Å². The summed E-state index contributed by atoms with van der Waals surface area (Å²) in [5.74, 6) is -1.72. The lowest BCUT2D eigenvalue weighted by Crippen LogP contribution is -2.34. The Hall–Kier alpha value is -3.63. The van der Waals surface area contributed by atoms with Crippen LogP contribution in [0.5, 0.6) is 0 Å². The first kappa shape index (κ1) is 18.2. The van der Waals surface area contributed by atoms with Crippen molar-refractivity contribution >= 4 is 17.6 Å². The molecule has 0 saturated carbocycles. The highest BCUT2D eigenvalue weighted by molar-refractivity contribution is 5.90. The molecule has 0 saturated heterocycles. The van der Waals surface area contributed by atoms with Crippen LogP contribution in [0.1, 0.15) is 18.5 Å². The monoisotopic (exact) mass is 375 g/mol. The molecule has 3 aromatic heterocycles. The number of nitrogens with two attached hydrogens (primary N) is 1. The van der Waals surface area contributed by atoms with Gasteiger partial charge in [-0.15, -0.1) is 5.10 Å². The molecule has 140 valence electrons. The molecular formula is C16H15F2N7O2. The number of hydrogen-bond donors (Lipinski definition) is 2. The number of halogens is 2. The average Bonchev–Trinajstić information content (AvgIpc) is 2.99. The lowest BCUT2D eigenvalue weighted by molar-refractivity contribution is 0.199. The highest BCUT2D eigenvalue weighted by Gasteiger charge is 2.32. The Labute approximate surface area is 152 Å². The first-order valence-corrected chi connectivity index (χ1v) is 7.74. The van der Waals surface area contributed by atoms with E-state index in [4.69, 9.17) is 5.73 Å². The minimum atomic E-state index is -1.41. The summed E-state index contributed by atoms with van der Waals surface area (Å²) in [6.45, 7) is 1.40. The van der Waals surface area contributed by atoms with Crippen LogP contribution in [0.3, 0.4) is 0 Å². The van der Waals surface area contributed by atoms with Crippen LogP contribution in [-0.4, -0.2) is 36.2 Å². The third-order valence-corrected chi connectivity index (χ3v) is 3.93. The van der Waals surface area contributed by atoms with Crippen LogP contribution in [0.4, 0.5) is 25.1 Å². The normalized spacial score (nSPS) is 12.0. The van der Waals surface area contributed by atoms with Gasteiger partial charge in [-0.25, -0.2) is 18.9 Å². The number of amides is 1. The summed E-state index contributed by atoms with van der Waals surface area (Å²) < 4.78 is 28.8. The van der Waals surface area contributed by atoms with E-state index in [1.54, 1.807) is 12.1 Å². The smallest absolute Gasteiger partial charge is 0.413 e. The molecule has 0 radical (unpaired) electrons. The third-order valence-electron chi connectivity index (χ3n) is 3.93. The second kappa shape index (κ2) is 6.94. The average molecular weight is 375 g/mol. The summed E-state index contributed by atoms with van der Waals surface area (Å²) in [5, 5.41) is 17.6. The molecule has 11 heteroatoms. The highest BCUT2D eigenvalue weighted by atomic mass is 19.1. The van der Waals surface area contributed by atoms with Crippen molar-refractivity contribution in [2.45, 2.75) is 13.0 Å². The second-order valence-corrected chi connectivity index (χ2v) is 5.72. The van der Waals surface area contributed by atoms with Crippen LogP contribution in [0.25, 0.3) is 11.4 Å². The number of rotatable bonds is 4. The molecule has 0 bridgehead atoms. The predicted molar refractivity (Wildman–Crippen MR) is 91.7 cm³/mol. The highest BCUT2D eigenvalue weighted by Crippen LogP contribution is 2.34. The summed E-state index contributed by atoms with van der Waals surface area (Å²) in [6.07, 6.45) is 0.693. The van der Waals surface area contributed by atoms with Crippen LogP contribution < -0.4 is 10.6 Å². The van der Waals surface area contributed by atoms with Gasteiger partial charge < -0.3 is 10.8 Å². The topological polar surface area (TPSA) is 123 Å². The minimum Gasteiger partial charge on any atom is -0.465 e. The number of aromatic nitrogens is 5. The number of pyridine rings is 2. The van der Waals surface area contributed by atoms with Crippen molar-refractivity contribution < 1.29 is 18.7 Å². The van der Waals surface area contributed by atoms with Crippen LogP contribution in [0, 0.1) is 11.8 Å². The Balaban J connectivity index is 2.14. The predicted octanol–water partition coefficient (Wildman–Crippen LogP) is 2.38. The van der Waals surface area contributed by atoms with Crippen molar-refractivity contribution in [2.75, 3.05) is 10.6 Å². The Morgan fingerprint density at radius 2 is 2.04 bits per heavy atom. The van der Waals surface area contributed by atoms with Crippen molar-refractivity contribution in [2.24, 2.45) is 7.05 Å². The first-order chi connectivity index (χ1) is 12.8. The minimum absolute atomic E-state index is 0.0379. The van der Waals surface area contributed by atoms with Gasteiger partial charge in [0.1, 0.15) is 5.82 Å². The zero-order valence-electron chi connectivity index (χ0n) is 14.3. The first-order valence-electron chi connectivity index (χ1n) is 7.74. The molecule has 0 aliphatic heterocycles. The molecule has 0 aromatic carbocycles. The summed E-state index contributed by atoms with van der Waals surface area (Å²) in [4.78, 5) is 20.2. The van der Waals surface area contributed by atoms with Crippen molar-refractivity contribution in [1.82, 2.24) is 25.0 Å². The maximum Gasteiger partial charge on any atom is 0.413 e. The van der Waals surface area contributed by atoms with Gasteiger partial charge in [0.15, 0.2) is 11.5 Å². The fourth-order valence-corrected chi connectivity index (χ4v) is 2.64. The molecule has 3 rings (SSSR count). The SMILES string of the molecule is C[C@H](c1cc(F)cnc1F)N(C(=O)O)c1c(-c2ccc(N)cn2)nnn1C. The van der Waals surface area contributed by atoms with Gasteiger partial charge in [-0.3, -0.25) is 9.88 Å². The fraction of sp³-hybridized carbons (Fsp3) is 0.188. The summed E-state index contributed by atoms with van der Waals surface area (Å²) in [6, 6.07) is 2.91. The van der Waals surface area contributed by atoms with E-state index in [0.29, 0.717) is 17.6 Å². The molecule has 1 atom stereocenters. The van der Waals surface area contributed by atoms with Gasteiger partial charge in [-0.1, -0.05) is 5.21 Å². The van der Waals surface area contributed by atoms with Crippen molar-refractivity contribution in [1.29, 1.82) is 0 Å². The molecule has 3 aromatic rings. The Bertz CT molecular complexity index is 991. The van der Waals surface area contributed by atoms with E-state index in [1.165, 1.54) is 24.9 Å². The van der Waals surface area contributed by atoms with Gasteiger partial charge >= 0.3 is 6.09 Å². The number of carboxylic acid groups (broad SMARTS) is 1. The standard InChI is InChI=1S/C16H15F2N7O2/c1-8(11-5-9(17)6-21-14(11)18)25(16(26)27)15-13(22-23-24(15)2)12-4-3-10(19)7-20-12/h3-8H,19H2,1-2H3,(H,26,27)/t8-/m1/s1. The van der Waals surface area contributed by atoms with E-state index in [0.717, 1.165) is 11.0 Å². The molecule has 0 spiro atoms. The van der Waals surface area contributed by atoms with E-state index in [-0.39, 0.29) is 17.1 Å². The number of nitrogens with zero attached hydrogens (tertiary/aromatic N) is 6.